The molecule has 1 aliphatic rings. The molecule has 0 saturated carbocycles. The lowest BCUT2D eigenvalue weighted by atomic mass is 10.0. The van der Waals surface area contributed by atoms with E-state index in [4.69, 9.17) is 4.74 Å². The highest BCUT2D eigenvalue weighted by molar-refractivity contribution is 6.04. The van der Waals surface area contributed by atoms with Gasteiger partial charge in [0.25, 0.3) is 5.91 Å². The monoisotopic (exact) mass is 470 g/mol. The molecule has 3 aromatic rings. The third kappa shape index (κ3) is 5.20. The van der Waals surface area contributed by atoms with Crippen molar-refractivity contribution in [2.45, 2.75) is 25.9 Å². The molecule has 6 nitrogen and oxygen atoms in total. The summed E-state index contributed by atoms with van der Waals surface area (Å²) in [5.41, 5.74) is 3.90. The summed E-state index contributed by atoms with van der Waals surface area (Å²) in [6.45, 7) is 4.15. The van der Waals surface area contributed by atoms with Crippen LogP contribution in [0.4, 0.5) is 24.5 Å². The average Bonchev–Trinajstić information content (AvgIpc) is 2.83. The normalized spacial score (nSPS) is 13.5. The van der Waals surface area contributed by atoms with Crippen LogP contribution in [0.25, 0.3) is 11.1 Å². The van der Waals surface area contributed by atoms with Crippen molar-refractivity contribution in [2.75, 3.05) is 37.0 Å². The maximum atomic E-state index is 13.0. The summed E-state index contributed by atoms with van der Waals surface area (Å²) < 4.78 is 44.2. The topological polar surface area (TPSA) is 67.3 Å². The van der Waals surface area contributed by atoms with Crippen LogP contribution in [0.3, 0.4) is 0 Å². The Kier molecular flexibility index (Phi) is 6.83. The van der Waals surface area contributed by atoms with E-state index in [1.807, 2.05) is 6.92 Å². The Bertz CT molecular complexity index is 1200. The van der Waals surface area contributed by atoms with Gasteiger partial charge in [-0.25, -0.2) is 0 Å². The van der Waals surface area contributed by atoms with Crippen molar-refractivity contribution in [1.82, 2.24) is 9.97 Å². The number of alkyl halides is 3. The van der Waals surface area contributed by atoms with Crippen molar-refractivity contribution >= 4 is 17.3 Å². The Labute approximate surface area is 195 Å². The molecule has 0 spiro atoms. The van der Waals surface area contributed by atoms with Crippen LogP contribution in [0.15, 0.2) is 48.8 Å². The molecule has 0 saturated heterocycles. The number of amides is 1. The number of fused-ring (bicyclic) bond motifs is 1. The molecule has 0 atom stereocenters. The van der Waals surface area contributed by atoms with Crippen LogP contribution in [-0.4, -0.2) is 42.7 Å². The number of methoxy groups -OCH3 is 1. The molecule has 1 aliphatic heterocycles. The van der Waals surface area contributed by atoms with E-state index in [-0.39, 0.29) is 5.56 Å². The lowest BCUT2D eigenvalue weighted by Crippen LogP contribution is -2.32. The molecule has 0 aliphatic carbocycles. The highest BCUT2D eigenvalue weighted by atomic mass is 19.4. The molecule has 1 amide bonds. The number of benzene rings is 1. The Morgan fingerprint density at radius 1 is 1.18 bits per heavy atom. The van der Waals surface area contributed by atoms with Crippen molar-refractivity contribution in [3.05, 3.63) is 71.3 Å². The molecule has 2 aromatic heterocycles. The van der Waals surface area contributed by atoms with Gasteiger partial charge in [-0.2, -0.15) is 13.2 Å². The molecular weight excluding hydrogens is 445 g/mol. The van der Waals surface area contributed by atoms with Gasteiger partial charge in [-0.1, -0.05) is 6.07 Å². The molecular formula is C25H25F3N4O2. The van der Waals surface area contributed by atoms with Crippen LogP contribution < -0.4 is 10.2 Å². The Morgan fingerprint density at radius 2 is 2.00 bits per heavy atom. The highest BCUT2D eigenvalue weighted by Gasteiger charge is 2.31. The average molecular weight is 470 g/mol. The number of halogens is 3. The predicted molar refractivity (Wildman–Crippen MR) is 124 cm³/mol. The van der Waals surface area contributed by atoms with E-state index >= 15 is 0 Å². The van der Waals surface area contributed by atoms with Crippen LogP contribution in [0.2, 0.25) is 0 Å². The lowest BCUT2D eigenvalue weighted by molar-refractivity contribution is -0.137. The van der Waals surface area contributed by atoms with Crippen molar-refractivity contribution in [2.24, 2.45) is 0 Å². The van der Waals surface area contributed by atoms with Crippen LogP contribution in [0, 0.1) is 6.92 Å². The minimum absolute atomic E-state index is 0.0822. The largest absolute Gasteiger partial charge is 0.416 e. The Hall–Kier alpha value is -3.46. The van der Waals surface area contributed by atoms with Gasteiger partial charge in [0.15, 0.2) is 0 Å². The molecule has 1 aromatic carbocycles. The van der Waals surface area contributed by atoms with E-state index in [0.717, 1.165) is 66.3 Å². The van der Waals surface area contributed by atoms with E-state index in [2.05, 4.69) is 26.3 Å². The number of carbonyl (C=O) groups excluding carboxylic acids is 1. The number of aryl methyl sites for hydroxylation is 2. The van der Waals surface area contributed by atoms with Crippen molar-refractivity contribution < 1.29 is 22.7 Å². The smallest absolute Gasteiger partial charge is 0.383 e. The summed E-state index contributed by atoms with van der Waals surface area (Å²) in [6.07, 6.45) is 0.692. The number of ether oxygens (including phenoxy) is 1. The summed E-state index contributed by atoms with van der Waals surface area (Å²) >= 11 is 0. The summed E-state index contributed by atoms with van der Waals surface area (Å²) in [4.78, 5) is 23.9. The standard InChI is InChI=1S/C25H25F3N4O2/c1-16-21(18-12-23-22(30-14-18)7-4-8-32(23)9-10-34-2)13-20(15-29-16)31-24(33)17-5-3-6-19(11-17)25(26,27)28/h3,5-6,11-15H,4,7-10H2,1-2H3,(H,31,33). The second-order valence-electron chi connectivity index (χ2n) is 8.16. The van der Waals surface area contributed by atoms with E-state index < -0.39 is 17.6 Å². The van der Waals surface area contributed by atoms with Gasteiger partial charge in [-0.15, -0.1) is 0 Å². The van der Waals surface area contributed by atoms with Gasteiger partial charge in [0.1, 0.15) is 0 Å². The van der Waals surface area contributed by atoms with Gasteiger partial charge in [0.2, 0.25) is 0 Å². The van der Waals surface area contributed by atoms with E-state index in [9.17, 15) is 18.0 Å². The zero-order valence-corrected chi connectivity index (χ0v) is 18.9. The molecule has 0 bridgehead atoms. The number of hydrogen-bond donors (Lipinski definition) is 1. The Morgan fingerprint density at radius 3 is 2.76 bits per heavy atom. The summed E-state index contributed by atoms with van der Waals surface area (Å²) in [6, 6.07) is 8.15. The fourth-order valence-electron chi connectivity index (χ4n) is 4.02. The first kappa shape index (κ1) is 23.7. The fraction of sp³-hybridized carbons (Fsp3) is 0.320. The number of hydrogen-bond acceptors (Lipinski definition) is 5. The molecule has 0 fully saturated rings. The second-order valence-corrected chi connectivity index (χ2v) is 8.16. The summed E-state index contributed by atoms with van der Waals surface area (Å²) in [7, 11) is 1.67. The molecule has 178 valence electrons. The van der Waals surface area contributed by atoms with E-state index in [0.29, 0.717) is 12.3 Å². The maximum absolute atomic E-state index is 13.0. The molecule has 9 heteroatoms. The second kappa shape index (κ2) is 9.80. The third-order valence-electron chi connectivity index (χ3n) is 5.80. The number of nitrogens with one attached hydrogen (secondary N) is 1. The SMILES string of the molecule is COCCN1CCCc2ncc(-c3cc(NC(=O)c4cccc(C(F)(F)F)c4)cnc3C)cc21. The molecule has 34 heavy (non-hydrogen) atoms. The number of pyridine rings is 2. The first-order chi connectivity index (χ1) is 16.3. The van der Waals surface area contributed by atoms with Gasteiger partial charge in [0, 0.05) is 48.8 Å². The number of nitrogens with zero attached hydrogens (tertiary/aromatic N) is 3. The number of rotatable bonds is 6. The van der Waals surface area contributed by atoms with Crippen LogP contribution in [-0.2, 0) is 17.3 Å². The first-order valence-electron chi connectivity index (χ1n) is 10.9. The van der Waals surface area contributed by atoms with Gasteiger partial charge in [0.05, 0.1) is 35.4 Å². The van der Waals surface area contributed by atoms with E-state index in [1.165, 1.54) is 18.3 Å². The van der Waals surface area contributed by atoms with Crippen molar-refractivity contribution in [1.29, 1.82) is 0 Å². The Balaban J connectivity index is 1.60. The van der Waals surface area contributed by atoms with Gasteiger partial charge in [-0.05, 0) is 50.1 Å². The zero-order chi connectivity index (χ0) is 24.3. The third-order valence-corrected chi connectivity index (χ3v) is 5.80. The van der Waals surface area contributed by atoms with Crippen molar-refractivity contribution in [3.8, 4) is 11.1 Å². The quantitative estimate of drug-likeness (QED) is 0.542. The lowest BCUT2D eigenvalue weighted by Gasteiger charge is -2.30. The van der Waals surface area contributed by atoms with Gasteiger partial charge < -0.3 is 15.0 Å². The molecule has 4 rings (SSSR count). The van der Waals surface area contributed by atoms with Crippen LogP contribution >= 0.6 is 0 Å². The highest BCUT2D eigenvalue weighted by Crippen LogP contribution is 2.33. The van der Waals surface area contributed by atoms with Crippen molar-refractivity contribution in [3.63, 3.8) is 0 Å². The predicted octanol–water partition coefficient (Wildman–Crippen LogP) is 5.12. The fourth-order valence-corrected chi connectivity index (χ4v) is 4.02. The summed E-state index contributed by atoms with van der Waals surface area (Å²) in [5.74, 6) is -0.642. The van der Waals surface area contributed by atoms with Gasteiger partial charge >= 0.3 is 6.18 Å². The number of aromatic nitrogens is 2. The van der Waals surface area contributed by atoms with E-state index in [1.54, 1.807) is 19.4 Å². The zero-order valence-electron chi connectivity index (χ0n) is 18.9. The number of carbonyl (C=O) groups is 1. The minimum Gasteiger partial charge on any atom is -0.383 e. The molecule has 0 radical (unpaired) electrons. The summed E-state index contributed by atoms with van der Waals surface area (Å²) in [5, 5.41) is 2.66. The van der Waals surface area contributed by atoms with Crippen LogP contribution in [0.1, 0.15) is 33.7 Å². The molecule has 3 heterocycles. The maximum Gasteiger partial charge on any atom is 0.416 e. The first-order valence-corrected chi connectivity index (χ1v) is 10.9. The van der Waals surface area contributed by atoms with Crippen LogP contribution in [0.5, 0.6) is 0 Å². The van der Waals surface area contributed by atoms with Gasteiger partial charge in [-0.3, -0.25) is 14.8 Å². The molecule has 1 N–H and O–H groups in total. The minimum atomic E-state index is -4.52. The number of anilines is 2. The molecule has 0 unspecified atom stereocenters.